The van der Waals surface area contributed by atoms with Gasteiger partial charge in [-0.05, 0) is 16.0 Å². The third-order valence-electron chi connectivity index (χ3n) is 2.55. The van der Waals surface area contributed by atoms with Gasteiger partial charge in [-0.2, -0.15) is 5.10 Å². The molecular formula is C11H11N5O4. The molecular weight excluding hydrogens is 266 g/mol. The van der Waals surface area contributed by atoms with E-state index in [2.05, 4.69) is 15.4 Å². The summed E-state index contributed by atoms with van der Waals surface area (Å²) in [5, 5.41) is 26.3. The molecule has 1 atom stereocenters. The summed E-state index contributed by atoms with van der Waals surface area (Å²) in [6.07, 6.45) is 4.22. The minimum absolute atomic E-state index is 0.302. The lowest BCUT2D eigenvalue weighted by Crippen LogP contribution is -2.20. The Kier molecular flexibility index (Phi) is 3.60. The first-order valence-electron chi connectivity index (χ1n) is 5.55. The summed E-state index contributed by atoms with van der Waals surface area (Å²) in [5.74, 6) is -1.39. The van der Waals surface area contributed by atoms with Crippen molar-refractivity contribution in [2.45, 2.75) is 6.04 Å². The fourth-order valence-electron chi connectivity index (χ4n) is 1.62. The second-order valence-corrected chi connectivity index (χ2v) is 4.03. The van der Waals surface area contributed by atoms with Gasteiger partial charge in [0.1, 0.15) is 0 Å². The number of carboxylic acid groups (broad SMARTS) is 1. The molecule has 0 amide bonds. The summed E-state index contributed by atoms with van der Waals surface area (Å²) in [6.45, 7) is 0. The number of hydrogen-bond acceptors (Lipinski definition) is 6. The van der Waals surface area contributed by atoms with Gasteiger partial charge < -0.3 is 20.5 Å². The number of hydrogen-bond donors (Lipinski definition) is 2. The Labute approximate surface area is 113 Å². The van der Waals surface area contributed by atoms with Crippen molar-refractivity contribution in [3.63, 3.8) is 0 Å². The smallest absolute Gasteiger partial charge is 0.363 e. The predicted octanol–water partition coefficient (Wildman–Crippen LogP) is 0.961. The van der Waals surface area contributed by atoms with Crippen LogP contribution in [0.15, 0.2) is 30.7 Å². The van der Waals surface area contributed by atoms with Crippen LogP contribution in [0.5, 0.6) is 0 Å². The summed E-state index contributed by atoms with van der Waals surface area (Å²) >= 11 is 0. The summed E-state index contributed by atoms with van der Waals surface area (Å²) in [6, 6.07) is 1.59. The first-order valence-corrected chi connectivity index (χ1v) is 5.55. The first kappa shape index (κ1) is 13.5. The molecule has 1 unspecified atom stereocenters. The maximum atomic E-state index is 11.3. The summed E-state index contributed by atoms with van der Waals surface area (Å²) in [4.78, 5) is 24.7. The standard InChI is InChI=1S/C11H11N5O4/c1-15-6-7(4-13-15)10(11(17)18)14-8-2-3-9(12-5-8)16(19)20/h2-6,10,14H,1H3,(H,17,18). The van der Waals surface area contributed by atoms with E-state index in [9.17, 15) is 20.0 Å². The molecule has 20 heavy (non-hydrogen) atoms. The number of carbonyl (C=O) groups is 1. The SMILES string of the molecule is Cn1cc(C(Nc2ccc([N+](=O)[O-])nc2)C(=O)O)cn1. The van der Waals surface area contributed by atoms with Crippen LogP contribution in [0.2, 0.25) is 0 Å². The van der Waals surface area contributed by atoms with Gasteiger partial charge in [-0.1, -0.05) is 0 Å². The molecule has 0 bridgehead atoms. The van der Waals surface area contributed by atoms with Gasteiger partial charge in [-0.25, -0.2) is 4.79 Å². The molecule has 0 fully saturated rings. The Morgan fingerprint density at radius 3 is 2.70 bits per heavy atom. The largest absolute Gasteiger partial charge is 0.479 e. The minimum Gasteiger partial charge on any atom is -0.479 e. The van der Waals surface area contributed by atoms with Crippen LogP contribution in [0.4, 0.5) is 11.5 Å². The highest BCUT2D eigenvalue weighted by Gasteiger charge is 2.22. The van der Waals surface area contributed by atoms with Crippen molar-refractivity contribution in [2.75, 3.05) is 5.32 Å². The number of anilines is 1. The van der Waals surface area contributed by atoms with E-state index < -0.39 is 16.9 Å². The lowest BCUT2D eigenvalue weighted by Gasteiger charge is -2.12. The van der Waals surface area contributed by atoms with E-state index in [4.69, 9.17) is 0 Å². The Bertz CT molecular complexity index is 637. The Morgan fingerprint density at radius 2 is 2.25 bits per heavy atom. The molecule has 0 aromatic carbocycles. The lowest BCUT2D eigenvalue weighted by molar-refractivity contribution is -0.389. The maximum Gasteiger partial charge on any atom is 0.363 e. The third kappa shape index (κ3) is 2.88. The highest BCUT2D eigenvalue weighted by atomic mass is 16.6. The molecule has 2 N–H and O–H groups in total. The quantitative estimate of drug-likeness (QED) is 0.616. The highest BCUT2D eigenvalue weighted by molar-refractivity contribution is 5.79. The number of nitrogens with zero attached hydrogens (tertiary/aromatic N) is 4. The van der Waals surface area contributed by atoms with Crippen LogP contribution >= 0.6 is 0 Å². The zero-order valence-corrected chi connectivity index (χ0v) is 10.4. The van der Waals surface area contributed by atoms with E-state index in [1.165, 1.54) is 29.2 Å². The molecule has 0 saturated carbocycles. The van der Waals surface area contributed by atoms with Crippen LogP contribution in [-0.4, -0.2) is 30.8 Å². The zero-order valence-electron chi connectivity index (χ0n) is 10.4. The minimum atomic E-state index is -1.09. The maximum absolute atomic E-state index is 11.3. The molecule has 0 aliphatic carbocycles. The molecule has 0 spiro atoms. The number of pyridine rings is 1. The summed E-state index contributed by atoms with van der Waals surface area (Å²) in [5.41, 5.74) is 0.838. The molecule has 0 aliphatic rings. The van der Waals surface area contributed by atoms with Gasteiger partial charge in [-0.15, -0.1) is 0 Å². The Hall–Kier alpha value is -2.97. The van der Waals surface area contributed by atoms with E-state index >= 15 is 0 Å². The Morgan fingerprint density at radius 1 is 1.50 bits per heavy atom. The van der Waals surface area contributed by atoms with E-state index in [1.807, 2.05) is 0 Å². The number of nitrogens with one attached hydrogen (secondary N) is 1. The van der Waals surface area contributed by atoms with Gasteiger partial charge in [0.2, 0.25) is 0 Å². The fraction of sp³-hybridized carbons (Fsp3) is 0.182. The molecule has 0 radical (unpaired) electrons. The van der Waals surface area contributed by atoms with Crippen LogP contribution in [0, 0.1) is 10.1 Å². The van der Waals surface area contributed by atoms with E-state index in [0.717, 1.165) is 0 Å². The van der Waals surface area contributed by atoms with Crippen molar-refractivity contribution in [1.82, 2.24) is 14.8 Å². The van der Waals surface area contributed by atoms with Crippen molar-refractivity contribution < 1.29 is 14.8 Å². The van der Waals surface area contributed by atoms with Gasteiger partial charge in [0.05, 0.1) is 11.9 Å². The molecule has 0 aliphatic heterocycles. The number of nitro groups is 1. The molecule has 2 rings (SSSR count). The molecule has 2 aromatic heterocycles. The van der Waals surface area contributed by atoms with Gasteiger partial charge in [0.15, 0.2) is 12.2 Å². The van der Waals surface area contributed by atoms with Crippen LogP contribution in [0.1, 0.15) is 11.6 Å². The lowest BCUT2D eigenvalue weighted by atomic mass is 10.1. The Balaban J connectivity index is 2.20. The van der Waals surface area contributed by atoms with Gasteiger partial charge in [-0.3, -0.25) is 4.68 Å². The number of carboxylic acids is 1. The average Bonchev–Trinajstić information content (AvgIpc) is 2.82. The number of aromatic nitrogens is 3. The second kappa shape index (κ2) is 5.34. The van der Waals surface area contributed by atoms with Crippen LogP contribution in [0.25, 0.3) is 0 Å². The van der Waals surface area contributed by atoms with Crippen molar-refractivity contribution in [3.8, 4) is 0 Å². The topological polar surface area (TPSA) is 123 Å². The monoisotopic (exact) mass is 277 g/mol. The van der Waals surface area contributed by atoms with E-state index in [-0.39, 0.29) is 5.82 Å². The number of rotatable bonds is 5. The predicted molar refractivity (Wildman–Crippen MR) is 68.1 cm³/mol. The molecule has 2 heterocycles. The van der Waals surface area contributed by atoms with Crippen molar-refractivity contribution in [1.29, 1.82) is 0 Å². The van der Waals surface area contributed by atoms with Gasteiger partial charge in [0, 0.05) is 24.9 Å². The zero-order chi connectivity index (χ0) is 14.7. The van der Waals surface area contributed by atoms with E-state index in [1.54, 1.807) is 13.2 Å². The molecule has 9 heteroatoms. The first-order chi connectivity index (χ1) is 9.47. The van der Waals surface area contributed by atoms with E-state index in [0.29, 0.717) is 11.3 Å². The number of aryl methyl sites for hydroxylation is 1. The summed E-state index contributed by atoms with van der Waals surface area (Å²) < 4.78 is 1.49. The molecule has 0 saturated heterocycles. The van der Waals surface area contributed by atoms with Crippen molar-refractivity contribution in [2.24, 2.45) is 7.05 Å². The summed E-state index contributed by atoms with van der Waals surface area (Å²) in [7, 11) is 1.68. The van der Waals surface area contributed by atoms with Gasteiger partial charge in [0.25, 0.3) is 0 Å². The van der Waals surface area contributed by atoms with Crippen LogP contribution < -0.4 is 5.32 Å². The van der Waals surface area contributed by atoms with Crippen molar-refractivity contribution in [3.05, 3.63) is 46.4 Å². The molecule has 104 valence electrons. The average molecular weight is 277 g/mol. The normalized spacial score (nSPS) is 11.8. The number of aliphatic carboxylic acids is 1. The molecule has 9 nitrogen and oxygen atoms in total. The third-order valence-corrected chi connectivity index (χ3v) is 2.55. The van der Waals surface area contributed by atoms with Gasteiger partial charge >= 0.3 is 11.8 Å². The van der Waals surface area contributed by atoms with Crippen LogP contribution in [-0.2, 0) is 11.8 Å². The molecule has 2 aromatic rings. The fourth-order valence-corrected chi connectivity index (χ4v) is 1.62. The van der Waals surface area contributed by atoms with Crippen molar-refractivity contribution >= 4 is 17.5 Å². The van der Waals surface area contributed by atoms with Crippen LogP contribution in [0.3, 0.4) is 0 Å². The highest BCUT2D eigenvalue weighted by Crippen LogP contribution is 2.20. The second-order valence-electron chi connectivity index (χ2n) is 4.03.